The molecule has 0 unspecified atom stereocenters. The Bertz CT molecular complexity index is 413. The second-order valence-electron chi connectivity index (χ2n) is 3.87. The molecular weight excluding hydrogens is 214 g/mol. The van der Waals surface area contributed by atoms with Gasteiger partial charge in [0.05, 0.1) is 13.2 Å². The molecule has 0 radical (unpaired) electrons. The van der Waals surface area contributed by atoms with Crippen molar-refractivity contribution < 1.29 is 4.74 Å². The van der Waals surface area contributed by atoms with E-state index in [0.717, 1.165) is 16.8 Å². The highest BCUT2D eigenvalue weighted by Crippen LogP contribution is 2.15. The van der Waals surface area contributed by atoms with E-state index in [1.165, 1.54) is 0 Å². The number of anilines is 1. The van der Waals surface area contributed by atoms with Crippen LogP contribution in [0.2, 0.25) is 0 Å². The summed E-state index contributed by atoms with van der Waals surface area (Å²) in [6.45, 7) is 6.75. The average molecular weight is 233 g/mol. The van der Waals surface area contributed by atoms with Crippen LogP contribution in [0.1, 0.15) is 12.5 Å². The normalized spacial score (nSPS) is 11.3. The van der Waals surface area contributed by atoms with Crippen molar-refractivity contribution in [2.24, 2.45) is 10.7 Å². The summed E-state index contributed by atoms with van der Waals surface area (Å²) in [6, 6.07) is 7.82. The van der Waals surface area contributed by atoms with Crippen molar-refractivity contribution in [1.82, 2.24) is 0 Å². The lowest BCUT2D eigenvalue weighted by Gasteiger charge is -2.10. The summed E-state index contributed by atoms with van der Waals surface area (Å²) < 4.78 is 5.11. The number of ether oxygens (including phenoxy) is 1. The Morgan fingerprint density at radius 1 is 1.47 bits per heavy atom. The predicted molar refractivity (Wildman–Crippen MR) is 72.1 cm³/mol. The number of guanidine groups is 1. The minimum absolute atomic E-state index is 0.386. The number of aliphatic imine (C=N–C) groups is 1. The first-order valence-corrected chi connectivity index (χ1v) is 5.41. The van der Waals surface area contributed by atoms with Crippen LogP contribution in [-0.2, 0) is 11.3 Å². The summed E-state index contributed by atoms with van der Waals surface area (Å²) in [5.74, 6) is 0.386. The first-order chi connectivity index (χ1) is 8.13. The van der Waals surface area contributed by atoms with Crippen molar-refractivity contribution in [2.75, 3.05) is 19.0 Å². The zero-order valence-electron chi connectivity index (χ0n) is 10.4. The molecule has 0 aliphatic heterocycles. The number of nitrogens with one attached hydrogen (secondary N) is 1. The van der Waals surface area contributed by atoms with Gasteiger partial charge in [-0.1, -0.05) is 30.4 Å². The highest BCUT2D eigenvalue weighted by Gasteiger charge is 2.01. The van der Waals surface area contributed by atoms with Gasteiger partial charge in [-0.3, -0.25) is 0 Å². The van der Waals surface area contributed by atoms with Gasteiger partial charge in [0, 0.05) is 18.4 Å². The SMILES string of the molecule is C=C(C)CN=C(N)Nc1ccccc1COC. The molecule has 4 heteroatoms. The fourth-order valence-corrected chi connectivity index (χ4v) is 1.32. The first kappa shape index (κ1) is 13.3. The fourth-order valence-electron chi connectivity index (χ4n) is 1.32. The summed E-state index contributed by atoms with van der Waals surface area (Å²) in [5, 5.41) is 3.06. The molecule has 1 aromatic rings. The smallest absolute Gasteiger partial charge is 0.193 e. The van der Waals surface area contributed by atoms with Crippen LogP contribution in [0.4, 0.5) is 5.69 Å². The van der Waals surface area contributed by atoms with E-state index in [9.17, 15) is 0 Å². The molecule has 0 saturated carbocycles. The number of benzene rings is 1. The maximum absolute atomic E-state index is 5.78. The lowest BCUT2D eigenvalue weighted by atomic mass is 10.2. The van der Waals surface area contributed by atoms with Crippen molar-refractivity contribution in [3.05, 3.63) is 42.0 Å². The molecule has 0 atom stereocenters. The van der Waals surface area contributed by atoms with Crippen molar-refractivity contribution in [3.8, 4) is 0 Å². The molecule has 0 fully saturated rings. The van der Waals surface area contributed by atoms with Crippen molar-refractivity contribution in [2.45, 2.75) is 13.5 Å². The van der Waals surface area contributed by atoms with Gasteiger partial charge < -0.3 is 15.8 Å². The molecule has 0 saturated heterocycles. The van der Waals surface area contributed by atoms with Gasteiger partial charge in [0.2, 0.25) is 0 Å². The summed E-state index contributed by atoms with van der Waals surface area (Å²) in [6.07, 6.45) is 0. The first-order valence-electron chi connectivity index (χ1n) is 5.41. The summed E-state index contributed by atoms with van der Waals surface area (Å²) in [7, 11) is 1.66. The monoisotopic (exact) mass is 233 g/mol. The van der Waals surface area contributed by atoms with Gasteiger partial charge in [0.25, 0.3) is 0 Å². The van der Waals surface area contributed by atoms with Crippen molar-refractivity contribution in [1.29, 1.82) is 0 Å². The Morgan fingerprint density at radius 3 is 2.82 bits per heavy atom. The molecule has 0 aromatic heterocycles. The summed E-state index contributed by atoms with van der Waals surface area (Å²) in [5.41, 5.74) is 8.71. The Kier molecular flexibility index (Phi) is 5.23. The number of para-hydroxylation sites is 1. The van der Waals surface area contributed by atoms with Gasteiger partial charge in [-0.15, -0.1) is 0 Å². The molecule has 1 aromatic carbocycles. The molecule has 0 spiro atoms. The lowest BCUT2D eigenvalue weighted by molar-refractivity contribution is 0.185. The van der Waals surface area contributed by atoms with Gasteiger partial charge >= 0.3 is 0 Å². The largest absolute Gasteiger partial charge is 0.380 e. The Balaban J connectivity index is 2.73. The third-order valence-electron chi connectivity index (χ3n) is 2.10. The quantitative estimate of drug-likeness (QED) is 0.465. The topological polar surface area (TPSA) is 59.6 Å². The highest BCUT2D eigenvalue weighted by atomic mass is 16.5. The van der Waals surface area contributed by atoms with Crippen LogP contribution in [0.3, 0.4) is 0 Å². The number of methoxy groups -OCH3 is 1. The Morgan fingerprint density at radius 2 is 2.18 bits per heavy atom. The number of hydrogen-bond acceptors (Lipinski definition) is 2. The average Bonchev–Trinajstić information content (AvgIpc) is 2.29. The van der Waals surface area contributed by atoms with E-state index in [-0.39, 0.29) is 0 Å². The minimum Gasteiger partial charge on any atom is -0.380 e. The van der Waals surface area contributed by atoms with Crippen LogP contribution in [0.5, 0.6) is 0 Å². The van der Waals surface area contributed by atoms with Crippen LogP contribution in [0, 0.1) is 0 Å². The van der Waals surface area contributed by atoms with E-state index in [1.54, 1.807) is 7.11 Å². The molecule has 0 heterocycles. The minimum atomic E-state index is 0.386. The Hall–Kier alpha value is -1.81. The van der Waals surface area contributed by atoms with Gasteiger partial charge in [0.15, 0.2) is 5.96 Å². The lowest BCUT2D eigenvalue weighted by Crippen LogP contribution is -2.23. The molecule has 0 aliphatic carbocycles. The number of nitrogens with two attached hydrogens (primary N) is 1. The highest BCUT2D eigenvalue weighted by molar-refractivity contribution is 5.93. The third kappa shape index (κ3) is 4.70. The number of rotatable bonds is 5. The van der Waals surface area contributed by atoms with E-state index in [2.05, 4.69) is 16.9 Å². The van der Waals surface area contributed by atoms with Crippen molar-refractivity contribution >= 4 is 11.6 Å². The molecule has 17 heavy (non-hydrogen) atoms. The number of hydrogen-bond donors (Lipinski definition) is 2. The standard InChI is InChI=1S/C13H19N3O/c1-10(2)8-15-13(14)16-12-7-5-4-6-11(12)9-17-3/h4-7H,1,8-9H2,2-3H3,(H3,14,15,16). The molecule has 4 nitrogen and oxygen atoms in total. The van der Waals surface area contributed by atoms with Crippen molar-refractivity contribution in [3.63, 3.8) is 0 Å². The van der Waals surface area contributed by atoms with Crippen LogP contribution in [0.25, 0.3) is 0 Å². The fraction of sp³-hybridized carbons (Fsp3) is 0.308. The van der Waals surface area contributed by atoms with Crippen LogP contribution < -0.4 is 11.1 Å². The molecule has 92 valence electrons. The van der Waals surface area contributed by atoms with E-state index in [1.807, 2.05) is 31.2 Å². The van der Waals surface area contributed by atoms with Crippen LogP contribution >= 0.6 is 0 Å². The maximum atomic E-state index is 5.78. The summed E-state index contributed by atoms with van der Waals surface area (Å²) in [4.78, 5) is 4.16. The van der Waals surface area contributed by atoms with E-state index in [0.29, 0.717) is 19.1 Å². The maximum Gasteiger partial charge on any atom is 0.193 e. The molecule has 0 amide bonds. The van der Waals surface area contributed by atoms with Crippen LogP contribution in [-0.4, -0.2) is 19.6 Å². The predicted octanol–water partition coefficient (Wildman–Crippen LogP) is 2.14. The second-order valence-corrected chi connectivity index (χ2v) is 3.87. The van der Waals surface area contributed by atoms with Gasteiger partial charge in [-0.2, -0.15) is 0 Å². The number of nitrogens with zero attached hydrogens (tertiary/aromatic N) is 1. The van der Waals surface area contributed by atoms with Crippen LogP contribution in [0.15, 0.2) is 41.4 Å². The van der Waals surface area contributed by atoms with Gasteiger partial charge in [0.1, 0.15) is 0 Å². The van der Waals surface area contributed by atoms with E-state index in [4.69, 9.17) is 10.5 Å². The molecule has 1 rings (SSSR count). The van der Waals surface area contributed by atoms with Gasteiger partial charge in [-0.25, -0.2) is 4.99 Å². The molecule has 3 N–H and O–H groups in total. The zero-order chi connectivity index (χ0) is 12.7. The summed E-state index contributed by atoms with van der Waals surface area (Å²) >= 11 is 0. The molecule has 0 aliphatic rings. The van der Waals surface area contributed by atoms with Gasteiger partial charge in [-0.05, 0) is 13.0 Å². The molecular formula is C13H19N3O. The third-order valence-corrected chi connectivity index (χ3v) is 2.10. The molecule has 0 bridgehead atoms. The zero-order valence-corrected chi connectivity index (χ0v) is 10.4. The second kappa shape index (κ2) is 6.70. The van der Waals surface area contributed by atoms with E-state index < -0.39 is 0 Å². The Labute approximate surface area is 102 Å². The van der Waals surface area contributed by atoms with E-state index >= 15 is 0 Å².